The Bertz CT molecular complexity index is 103. The van der Waals surface area contributed by atoms with Crippen molar-refractivity contribution in [1.82, 2.24) is 0 Å². The molecular weight excluding hydrogens is 118 g/mol. The zero-order valence-corrected chi connectivity index (χ0v) is 5.34. The summed E-state index contributed by atoms with van der Waals surface area (Å²) in [5.74, 6) is 0. The van der Waals surface area contributed by atoms with Gasteiger partial charge in [0.05, 0.1) is 6.42 Å². The van der Waals surface area contributed by atoms with Crippen LogP contribution < -0.4 is 0 Å². The van der Waals surface area contributed by atoms with Gasteiger partial charge in [-0.15, -0.1) is 0 Å². The summed E-state index contributed by atoms with van der Waals surface area (Å²) in [6, 6.07) is 2.29. The van der Waals surface area contributed by atoms with Gasteiger partial charge in [-0.2, -0.15) is 0 Å². The number of nitrogens with zero attached hydrogens (tertiary/aromatic N) is 1. The van der Waals surface area contributed by atoms with Crippen molar-refractivity contribution < 1.29 is 5.11 Å². The Kier molecular flexibility index (Phi) is 6.65. The Labute approximate surface area is 54.7 Å². The molecule has 1 N–H and O–H groups in total. The van der Waals surface area contributed by atoms with Crippen molar-refractivity contribution in [3.8, 4) is 6.07 Å². The molecule has 0 bridgehead atoms. The smallest absolute Gasteiger partial charge is 0.298 e. The third-order valence-electron chi connectivity index (χ3n) is 1.01. The van der Waals surface area contributed by atoms with E-state index in [2.05, 4.69) is 11.1 Å². The summed E-state index contributed by atoms with van der Waals surface area (Å²) < 4.78 is 0. The van der Waals surface area contributed by atoms with Crippen LogP contribution in [0.25, 0.3) is 5.01 Å². The highest BCUT2D eigenvalue weighted by Gasteiger charge is 1.87. The second-order valence-corrected chi connectivity index (χ2v) is 1.78. The summed E-state index contributed by atoms with van der Waals surface area (Å²) >= 11 is 0. The monoisotopic (exact) mass is 129 g/mol. The van der Waals surface area contributed by atoms with Gasteiger partial charge < -0.3 is 10.3 Å². The fourth-order valence-electron chi connectivity index (χ4n) is 0.538. The minimum absolute atomic E-state index is 0.231. The van der Waals surface area contributed by atoms with Gasteiger partial charge in [-0.05, 0) is 19.3 Å². The van der Waals surface area contributed by atoms with Gasteiger partial charge in [0.2, 0.25) is 0 Å². The molecule has 0 heterocycles. The second kappa shape index (κ2) is 7.25. The molecule has 0 atom stereocenters. The van der Waals surface area contributed by atoms with Crippen LogP contribution in [-0.4, -0.2) is 11.7 Å². The molecule has 0 radical (unpaired) electrons. The maximum atomic E-state index is 9.43. The minimum atomic E-state index is 0.231. The van der Waals surface area contributed by atoms with Crippen LogP contribution in [0.15, 0.2) is 0 Å². The highest BCUT2D eigenvalue weighted by Crippen LogP contribution is 1.96. The van der Waals surface area contributed by atoms with E-state index in [1.54, 1.807) is 0 Å². The summed E-state index contributed by atoms with van der Waals surface area (Å²) in [4.78, 5) is 0. The SMILES string of the molecule is [O-][N+]#CCCCCCO. The lowest BCUT2D eigenvalue weighted by atomic mass is 10.2. The predicted molar refractivity (Wildman–Crippen MR) is 36.2 cm³/mol. The van der Waals surface area contributed by atoms with Gasteiger partial charge in [-0.1, -0.05) is 0 Å². The third-order valence-corrected chi connectivity index (χ3v) is 1.01. The molecule has 0 rings (SSSR count). The van der Waals surface area contributed by atoms with Gasteiger partial charge in [0.1, 0.15) is 0 Å². The largest absolute Gasteiger partial charge is 0.498 e. The van der Waals surface area contributed by atoms with E-state index in [0.29, 0.717) is 6.42 Å². The van der Waals surface area contributed by atoms with Crippen molar-refractivity contribution >= 4 is 0 Å². The lowest BCUT2D eigenvalue weighted by Crippen LogP contribution is -1.81. The van der Waals surface area contributed by atoms with Gasteiger partial charge in [-0.25, -0.2) is 0 Å². The van der Waals surface area contributed by atoms with Gasteiger partial charge in [-0.3, -0.25) is 0 Å². The molecule has 3 heteroatoms. The first-order valence-electron chi connectivity index (χ1n) is 3.08. The maximum absolute atomic E-state index is 9.43. The lowest BCUT2D eigenvalue weighted by molar-refractivity contribution is 0.283. The fourth-order valence-corrected chi connectivity index (χ4v) is 0.538. The molecule has 0 aromatic rings. The Hall–Kier alpha value is -0.750. The van der Waals surface area contributed by atoms with Crippen molar-refractivity contribution in [3.05, 3.63) is 10.2 Å². The van der Waals surface area contributed by atoms with E-state index in [9.17, 15) is 5.21 Å². The summed E-state index contributed by atoms with van der Waals surface area (Å²) in [6.45, 7) is 0.231. The number of hydrogen-bond acceptors (Lipinski definition) is 2. The molecular formula is C6H11NO2. The molecule has 0 aromatic carbocycles. The molecule has 0 saturated carbocycles. The number of aliphatic hydroxyl groups excluding tert-OH is 1. The lowest BCUT2D eigenvalue weighted by Gasteiger charge is -1.88. The first kappa shape index (κ1) is 8.25. The van der Waals surface area contributed by atoms with E-state index in [-0.39, 0.29) is 6.61 Å². The highest BCUT2D eigenvalue weighted by atomic mass is 16.4. The standard InChI is InChI=1S/C6H11NO2/c8-6-4-2-1-3-5-7-9/h8H,1-4,6H2. The molecule has 0 spiro atoms. The average molecular weight is 129 g/mol. The molecule has 3 nitrogen and oxygen atoms in total. The van der Waals surface area contributed by atoms with Crippen LogP contribution in [0.1, 0.15) is 25.7 Å². The van der Waals surface area contributed by atoms with E-state index in [4.69, 9.17) is 5.11 Å². The molecule has 0 saturated heterocycles. The normalized spacial score (nSPS) is 8.11. The van der Waals surface area contributed by atoms with E-state index < -0.39 is 0 Å². The van der Waals surface area contributed by atoms with Gasteiger partial charge in [0.15, 0.2) is 0 Å². The molecule has 0 unspecified atom stereocenters. The van der Waals surface area contributed by atoms with Crippen LogP contribution in [0.4, 0.5) is 0 Å². The molecule has 0 amide bonds. The minimum Gasteiger partial charge on any atom is -0.498 e. The van der Waals surface area contributed by atoms with Crippen molar-refractivity contribution in [3.63, 3.8) is 0 Å². The van der Waals surface area contributed by atoms with Crippen molar-refractivity contribution in [2.45, 2.75) is 25.7 Å². The first-order valence-corrected chi connectivity index (χ1v) is 3.08. The third kappa shape index (κ3) is 7.25. The predicted octanol–water partition coefficient (Wildman–Crippen LogP) is 1.37. The number of unbranched alkanes of at least 4 members (excludes halogenated alkanes) is 3. The van der Waals surface area contributed by atoms with Crippen molar-refractivity contribution in [1.29, 1.82) is 0 Å². The zero-order valence-electron chi connectivity index (χ0n) is 5.34. The van der Waals surface area contributed by atoms with E-state index >= 15 is 0 Å². The maximum Gasteiger partial charge on any atom is 0.298 e. The molecule has 0 aliphatic heterocycles. The van der Waals surface area contributed by atoms with Gasteiger partial charge in [0, 0.05) is 11.6 Å². The summed E-state index contributed by atoms with van der Waals surface area (Å²) in [5.41, 5.74) is 0. The summed E-state index contributed by atoms with van der Waals surface area (Å²) in [7, 11) is 0. The topological polar surface area (TPSA) is 47.6 Å². The summed E-state index contributed by atoms with van der Waals surface area (Å²) in [5, 5.41) is 20.2. The zero-order chi connectivity index (χ0) is 6.95. The Morgan fingerprint density at radius 1 is 1.33 bits per heavy atom. The Balaban J connectivity index is 2.80. The van der Waals surface area contributed by atoms with Crippen molar-refractivity contribution in [2.24, 2.45) is 0 Å². The van der Waals surface area contributed by atoms with E-state index in [1.807, 2.05) is 0 Å². The van der Waals surface area contributed by atoms with E-state index in [0.717, 1.165) is 19.3 Å². The Morgan fingerprint density at radius 3 is 2.67 bits per heavy atom. The first-order chi connectivity index (χ1) is 4.41. The Morgan fingerprint density at radius 2 is 2.11 bits per heavy atom. The van der Waals surface area contributed by atoms with Gasteiger partial charge in [0.25, 0.3) is 6.07 Å². The van der Waals surface area contributed by atoms with Crippen molar-refractivity contribution in [2.75, 3.05) is 6.61 Å². The van der Waals surface area contributed by atoms with Crippen LogP contribution in [-0.2, 0) is 0 Å². The molecule has 9 heavy (non-hydrogen) atoms. The number of hydrogen-bond donors (Lipinski definition) is 1. The van der Waals surface area contributed by atoms with Crippen LogP contribution >= 0.6 is 0 Å². The van der Waals surface area contributed by atoms with Crippen LogP contribution in [0.3, 0.4) is 0 Å². The fraction of sp³-hybridized carbons (Fsp3) is 0.833. The number of aliphatic hydroxyl groups is 1. The molecule has 0 aliphatic rings. The number of rotatable bonds is 4. The summed E-state index contributed by atoms with van der Waals surface area (Å²) in [6.07, 6.45) is 3.26. The van der Waals surface area contributed by atoms with Crippen LogP contribution in [0.2, 0.25) is 0 Å². The van der Waals surface area contributed by atoms with E-state index in [1.165, 1.54) is 0 Å². The molecule has 0 fully saturated rings. The molecule has 0 aliphatic carbocycles. The second-order valence-electron chi connectivity index (χ2n) is 1.78. The van der Waals surface area contributed by atoms with Crippen LogP contribution in [0, 0.1) is 11.3 Å². The molecule has 52 valence electrons. The van der Waals surface area contributed by atoms with Crippen LogP contribution in [0.5, 0.6) is 0 Å². The quantitative estimate of drug-likeness (QED) is 0.460. The highest BCUT2D eigenvalue weighted by molar-refractivity contribution is 4.86. The average Bonchev–Trinajstić information content (AvgIpc) is 1.89. The molecule has 0 aromatic heterocycles. The van der Waals surface area contributed by atoms with Gasteiger partial charge >= 0.3 is 0 Å².